The average Bonchev–Trinajstić information content (AvgIpc) is 3.19. The molecule has 1 aliphatic heterocycles. The molecule has 0 unspecified atom stereocenters. The summed E-state index contributed by atoms with van der Waals surface area (Å²) in [6, 6.07) is 9.74. The third-order valence-electron chi connectivity index (χ3n) is 4.57. The van der Waals surface area contributed by atoms with E-state index in [0.717, 1.165) is 25.7 Å². The number of benzene rings is 1. The molecule has 0 spiro atoms. The molecule has 1 heterocycles. The van der Waals surface area contributed by atoms with E-state index in [2.05, 4.69) is 46.4 Å². The Morgan fingerprint density at radius 2 is 1.95 bits per heavy atom. The van der Waals surface area contributed by atoms with Crippen LogP contribution in [0.2, 0.25) is 0 Å². The van der Waals surface area contributed by atoms with Gasteiger partial charge in [0.1, 0.15) is 0 Å². The van der Waals surface area contributed by atoms with E-state index in [0.29, 0.717) is 0 Å². The van der Waals surface area contributed by atoms with Crippen LogP contribution in [0.1, 0.15) is 31.2 Å². The molecule has 1 saturated carbocycles. The number of likely N-dealkylation sites (N-methyl/N-ethyl adjacent to an activating group) is 1. The predicted molar refractivity (Wildman–Crippen MR) is 85.2 cm³/mol. The third kappa shape index (κ3) is 3.53. The van der Waals surface area contributed by atoms with E-state index in [1.54, 1.807) is 0 Å². The highest BCUT2D eigenvalue weighted by atomic mass is 15.2. The Kier molecular flexibility index (Phi) is 4.58. The fourth-order valence-electron chi connectivity index (χ4n) is 3.10. The highest BCUT2D eigenvalue weighted by molar-refractivity contribution is 5.54. The van der Waals surface area contributed by atoms with Crippen molar-refractivity contribution in [2.45, 2.75) is 38.3 Å². The second-order valence-electron chi connectivity index (χ2n) is 6.21. The molecule has 2 aliphatic rings. The van der Waals surface area contributed by atoms with Crippen LogP contribution in [0.25, 0.3) is 0 Å². The molecule has 3 nitrogen and oxygen atoms in total. The highest BCUT2D eigenvalue weighted by Crippen LogP contribution is 2.25. The maximum absolute atomic E-state index is 3.61. The van der Waals surface area contributed by atoms with Gasteiger partial charge in [-0.25, -0.2) is 0 Å². The van der Waals surface area contributed by atoms with Crippen LogP contribution in [0.5, 0.6) is 0 Å². The summed E-state index contributed by atoms with van der Waals surface area (Å²) in [6.07, 6.45) is 5.48. The van der Waals surface area contributed by atoms with Gasteiger partial charge >= 0.3 is 0 Å². The van der Waals surface area contributed by atoms with Gasteiger partial charge in [0.25, 0.3) is 0 Å². The first-order chi connectivity index (χ1) is 9.84. The van der Waals surface area contributed by atoms with Crippen LogP contribution in [0, 0.1) is 0 Å². The molecule has 1 aromatic rings. The molecule has 20 heavy (non-hydrogen) atoms. The zero-order valence-electron chi connectivity index (χ0n) is 12.6. The molecule has 0 aromatic heterocycles. The topological polar surface area (TPSA) is 18.5 Å². The second-order valence-corrected chi connectivity index (χ2v) is 6.21. The summed E-state index contributed by atoms with van der Waals surface area (Å²) in [5, 5.41) is 3.61. The van der Waals surface area contributed by atoms with Gasteiger partial charge in [-0.05, 0) is 44.4 Å². The molecule has 1 aromatic carbocycles. The number of hydrogen-bond donors (Lipinski definition) is 1. The maximum atomic E-state index is 3.61. The Hall–Kier alpha value is -1.06. The van der Waals surface area contributed by atoms with Crippen molar-refractivity contribution in [2.75, 3.05) is 38.1 Å². The standard InChI is InChI=1S/C17H27N3/c1-19(16-8-9-16)13-10-18-14-15-6-2-3-7-17(15)20-11-4-5-12-20/h2-3,6-7,16,18H,4-5,8-14H2,1H3. The summed E-state index contributed by atoms with van der Waals surface area (Å²) >= 11 is 0. The predicted octanol–water partition coefficient (Wildman–Crippen LogP) is 2.47. The largest absolute Gasteiger partial charge is 0.371 e. The first kappa shape index (κ1) is 13.9. The lowest BCUT2D eigenvalue weighted by atomic mass is 10.1. The zero-order valence-corrected chi connectivity index (χ0v) is 12.6. The van der Waals surface area contributed by atoms with Crippen LogP contribution in [-0.2, 0) is 6.54 Å². The molecule has 3 rings (SSSR count). The van der Waals surface area contributed by atoms with Gasteiger partial charge in [-0.1, -0.05) is 18.2 Å². The van der Waals surface area contributed by atoms with Gasteiger partial charge in [0.05, 0.1) is 0 Å². The monoisotopic (exact) mass is 273 g/mol. The number of hydrogen-bond acceptors (Lipinski definition) is 3. The fraction of sp³-hybridized carbons (Fsp3) is 0.647. The van der Waals surface area contributed by atoms with Crippen molar-refractivity contribution >= 4 is 5.69 Å². The number of para-hydroxylation sites is 1. The first-order valence-corrected chi connectivity index (χ1v) is 8.08. The van der Waals surface area contributed by atoms with E-state index >= 15 is 0 Å². The van der Waals surface area contributed by atoms with Crippen LogP contribution in [0.4, 0.5) is 5.69 Å². The number of nitrogens with zero attached hydrogens (tertiary/aromatic N) is 2. The lowest BCUT2D eigenvalue weighted by Gasteiger charge is -2.22. The van der Waals surface area contributed by atoms with E-state index in [1.165, 1.54) is 50.0 Å². The Labute approximate surface area is 123 Å². The fourth-order valence-corrected chi connectivity index (χ4v) is 3.10. The van der Waals surface area contributed by atoms with Crippen LogP contribution >= 0.6 is 0 Å². The van der Waals surface area contributed by atoms with Crippen molar-refractivity contribution in [1.29, 1.82) is 0 Å². The van der Waals surface area contributed by atoms with Gasteiger partial charge in [0.15, 0.2) is 0 Å². The van der Waals surface area contributed by atoms with Gasteiger partial charge in [0.2, 0.25) is 0 Å². The number of nitrogens with one attached hydrogen (secondary N) is 1. The molecule has 3 heteroatoms. The normalized spacial score (nSPS) is 19.0. The van der Waals surface area contributed by atoms with Gasteiger partial charge < -0.3 is 15.1 Å². The highest BCUT2D eigenvalue weighted by Gasteiger charge is 2.25. The smallest absolute Gasteiger partial charge is 0.0411 e. The van der Waals surface area contributed by atoms with Gasteiger partial charge in [0, 0.05) is 44.5 Å². The summed E-state index contributed by atoms with van der Waals surface area (Å²) in [5.41, 5.74) is 2.89. The number of anilines is 1. The molecular formula is C17H27N3. The molecule has 1 aliphatic carbocycles. The van der Waals surface area contributed by atoms with Crippen molar-refractivity contribution in [2.24, 2.45) is 0 Å². The summed E-state index contributed by atoms with van der Waals surface area (Å²) in [4.78, 5) is 5.02. The Bertz CT molecular complexity index is 422. The molecule has 1 saturated heterocycles. The minimum absolute atomic E-state index is 0.869. The van der Waals surface area contributed by atoms with Gasteiger partial charge in [-0.2, -0.15) is 0 Å². The van der Waals surface area contributed by atoms with Crippen LogP contribution in [0.3, 0.4) is 0 Å². The Morgan fingerprint density at radius 3 is 2.70 bits per heavy atom. The Morgan fingerprint density at radius 1 is 1.20 bits per heavy atom. The van der Waals surface area contributed by atoms with Crippen molar-refractivity contribution in [3.63, 3.8) is 0 Å². The van der Waals surface area contributed by atoms with E-state index in [4.69, 9.17) is 0 Å². The van der Waals surface area contributed by atoms with Gasteiger partial charge in [-0.15, -0.1) is 0 Å². The summed E-state index contributed by atoms with van der Waals surface area (Å²) < 4.78 is 0. The maximum Gasteiger partial charge on any atom is 0.0411 e. The minimum Gasteiger partial charge on any atom is -0.371 e. The molecule has 0 amide bonds. The van der Waals surface area contributed by atoms with Crippen LogP contribution in [0.15, 0.2) is 24.3 Å². The lowest BCUT2D eigenvalue weighted by Crippen LogP contribution is -2.30. The molecule has 110 valence electrons. The molecule has 0 radical (unpaired) electrons. The summed E-state index contributed by atoms with van der Waals surface area (Å²) in [7, 11) is 2.25. The molecular weight excluding hydrogens is 246 g/mol. The van der Waals surface area contributed by atoms with Crippen molar-refractivity contribution in [3.05, 3.63) is 29.8 Å². The van der Waals surface area contributed by atoms with Crippen molar-refractivity contribution < 1.29 is 0 Å². The zero-order chi connectivity index (χ0) is 13.8. The van der Waals surface area contributed by atoms with E-state index in [-0.39, 0.29) is 0 Å². The SMILES string of the molecule is CN(CCNCc1ccccc1N1CCCC1)C1CC1. The van der Waals surface area contributed by atoms with Crippen LogP contribution in [-0.4, -0.2) is 44.2 Å². The molecule has 1 N–H and O–H groups in total. The quantitative estimate of drug-likeness (QED) is 0.770. The summed E-state index contributed by atoms with van der Waals surface area (Å²) in [5.74, 6) is 0. The van der Waals surface area contributed by atoms with Gasteiger partial charge in [-0.3, -0.25) is 0 Å². The summed E-state index contributed by atoms with van der Waals surface area (Å²) in [6.45, 7) is 5.69. The van der Waals surface area contributed by atoms with Crippen molar-refractivity contribution in [3.8, 4) is 0 Å². The molecule has 0 atom stereocenters. The van der Waals surface area contributed by atoms with E-state index in [1.807, 2.05) is 0 Å². The Balaban J connectivity index is 1.48. The first-order valence-electron chi connectivity index (χ1n) is 8.08. The second kappa shape index (κ2) is 6.59. The molecule has 2 fully saturated rings. The minimum atomic E-state index is 0.869. The molecule has 0 bridgehead atoms. The van der Waals surface area contributed by atoms with E-state index < -0.39 is 0 Å². The lowest BCUT2D eigenvalue weighted by molar-refractivity contribution is 0.321. The number of rotatable bonds is 7. The third-order valence-corrected chi connectivity index (χ3v) is 4.57. The van der Waals surface area contributed by atoms with Crippen molar-refractivity contribution in [1.82, 2.24) is 10.2 Å². The van der Waals surface area contributed by atoms with Crippen LogP contribution < -0.4 is 10.2 Å². The average molecular weight is 273 g/mol. The van der Waals surface area contributed by atoms with E-state index in [9.17, 15) is 0 Å².